The summed E-state index contributed by atoms with van der Waals surface area (Å²) in [4.78, 5) is 0. The van der Waals surface area contributed by atoms with E-state index in [1.807, 2.05) is 42.5 Å². The number of hydrogen-bond donors (Lipinski definition) is 1. The lowest BCUT2D eigenvalue weighted by molar-refractivity contribution is 0.415. The van der Waals surface area contributed by atoms with Gasteiger partial charge in [0, 0.05) is 23.0 Å². The molecule has 1 aromatic heterocycles. The fourth-order valence-corrected chi connectivity index (χ4v) is 3.17. The molecule has 1 aliphatic heterocycles. The number of rotatable bonds is 2. The van der Waals surface area contributed by atoms with Gasteiger partial charge in [0.25, 0.3) is 0 Å². The van der Waals surface area contributed by atoms with Crippen LogP contribution in [0, 0.1) is 0 Å². The highest BCUT2D eigenvalue weighted by molar-refractivity contribution is 6.31. The topological polar surface area (TPSA) is 52.0 Å². The minimum absolute atomic E-state index is 0.225. The number of halogens is 1. The van der Waals surface area contributed by atoms with E-state index in [2.05, 4.69) is 27.0 Å². The molecule has 6 heteroatoms. The predicted octanol–water partition coefficient (Wildman–Crippen LogP) is 4.13. The van der Waals surface area contributed by atoms with Crippen LogP contribution < -0.4 is 10.1 Å². The Morgan fingerprint density at radius 3 is 2.92 bits per heavy atom. The monoisotopic (exact) mass is 340 g/mol. The molecule has 0 bridgehead atoms. The predicted molar refractivity (Wildman–Crippen MR) is 95.3 cm³/mol. The summed E-state index contributed by atoms with van der Waals surface area (Å²) in [6.45, 7) is 2.92. The molecule has 0 fully saturated rings. The Bertz CT molecular complexity index is 906. The normalized spacial score (nSPS) is 15.9. The van der Waals surface area contributed by atoms with E-state index in [-0.39, 0.29) is 5.92 Å². The highest BCUT2D eigenvalue weighted by Gasteiger charge is 2.25. The summed E-state index contributed by atoms with van der Waals surface area (Å²) in [7, 11) is 1.66. The van der Waals surface area contributed by atoms with Gasteiger partial charge in [0.2, 0.25) is 0 Å². The van der Waals surface area contributed by atoms with Gasteiger partial charge in [-0.1, -0.05) is 30.7 Å². The average molecular weight is 341 g/mol. The first-order valence-corrected chi connectivity index (χ1v) is 8.18. The molecule has 0 saturated heterocycles. The molecule has 5 nitrogen and oxygen atoms in total. The summed E-state index contributed by atoms with van der Waals surface area (Å²) in [5.74, 6) is 2.74. The number of anilines is 1. The molecule has 0 radical (unpaired) electrons. The van der Waals surface area contributed by atoms with E-state index in [4.69, 9.17) is 16.3 Å². The molecule has 0 amide bonds. The van der Waals surface area contributed by atoms with Crippen LogP contribution in [-0.4, -0.2) is 28.4 Å². The lowest BCUT2D eigenvalue weighted by atomic mass is 10.1. The number of aromatic nitrogens is 3. The van der Waals surface area contributed by atoms with Crippen molar-refractivity contribution in [1.82, 2.24) is 14.8 Å². The van der Waals surface area contributed by atoms with Gasteiger partial charge in [-0.05, 0) is 30.3 Å². The van der Waals surface area contributed by atoms with Crippen LogP contribution in [0.2, 0.25) is 5.02 Å². The zero-order valence-corrected chi connectivity index (χ0v) is 14.2. The summed E-state index contributed by atoms with van der Waals surface area (Å²) in [6, 6.07) is 13.7. The number of nitrogens with one attached hydrogen (secondary N) is 1. The fourth-order valence-electron chi connectivity index (χ4n) is 3.00. The Kier molecular flexibility index (Phi) is 3.65. The molecule has 1 N–H and O–H groups in total. The zero-order chi connectivity index (χ0) is 16.7. The second-order valence-corrected chi connectivity index (χ2v) is 6.33. The van der Waals surface area contributed by atoms with Crippen LogP contribution in [0.15, 0.2) is 42.5 Å². The van der Waals surface area contributed by atoms with Crippen molar-refractivity contribution in [2.24, 2.45) is 0 Å². The number of nitrogens with zero attached hydrogens (tertiary/aromatic N) is 3. The Hall–Kier alpha value is -2.53. The number of ether oxygens (including phenoxy) is 1. The lowest BCUT2D eigenvalue weighted by Gasteiger charge is -2.13. The summed E-state index contributed by atoms with van der Waals surface area (Å²) in [6.07, 6.45) is 0. The van der Waals surface area contributed by atoms with Gasteiger partial charge in [-0.2, -0.15) is 0 Å². The molecule has 2 heterocycles. The van der Waals surface area contributed by atoms with Gasteiger partial charge in [0.1, 0.15) is 11.6 Å². The van der Waals surface area contributed by atoms with Gasteiger partial charge in [0.05, 0.1) is 18.5 Å². The molecule has 0 unspecified atom stereocenters. The molecule has 1 atom stereocenters. The molecular formula is C18H17ClN4O. The molecule has 1 aliphatic rings. The van der Waals surface area contributed by atoms with Crippen molar-refractivity contribution >= 4 is 17.3 Å². The summed E-state index contributed by atoms with van der Waals surface area (Å²) in [5, 5.41) is 13.1. The van der Waals surface area contributed by atoms with Gasteiger partial charge >= 0.3 is 0 Å². The van der Waals surface area contributed by atoms with Crippen LogP contribution in [0.25, 0.3) is 17.1 Å². The third kappa shape index (κ3) is 2.41. The highest BCUT2D eigenvalue weighted by Crippen LogP contribution is 2.35. The first-order valence-electron chi connectivity index (χ1n) is 7.81. The Balaban J connectivity index is 1.96. The van der Waals surface area contributed by atoms with Gasteiger partial charge in [0.15, 0.2) is 5.82 Å². The number of hydrogen-bond acceptors (Lipinski definition) is 4. The maximum Gasteiger partial charge on any atom is 0.168 e. The van der Waals surface area contributed by atoms with Gasteiger partial charge in [-0.25, -0.2) is 0 Å². The van der Waals surface area contributed by atoms with Gasteiger partial charge in [-0.3, -0.25) is 4.57 Å². The first-order chi connectivity index (χ1) is 11.7. The van der Waals surface area contributed by atoms with E-state index in [0.29, 0.717) is 5.02 Å². The molecule has 2 aromatic carbocycles. The number of benzene rings is 2. The van der Waals surface area contributed by atoms with Crippen LogP contribution in [0.3, 0.4) is 0 Å². The van der Waals surface area contributed by atoms with E-state index in [0.717, 1.165) is 40.9 Å². The SMILES string of the molecule is COc1cccc(-c2nnc3n2-c2ccc(Cl)cc2NC[C@@H]3C)c1. The summed E-state index contributed by atoms with van der Waals surface area (Å²) < 4.78 is 7.44. The van der Waals surface area contributed by atoms with Crippen LogP contribution in [0.5, 0.6) is 5.75 Å². The average Bonchev–Trinajstić information content (AvgIpc) is 2.99. The maximum atomic E-state index is 6.17. The molecule has 4 rings (SSSR count). The largest absolute Gasteiger partial charge is 0.497 e. The van der Waals surface area contributed by atoms with Gasteiger partial charge < -0.3 is 10.1 Å². The van der Waals surface area contributed by atoms with E-state index < -0.39 is 0 Å². The summed E-state index contributed by atoms with van der Waals surface area (Å²) in [5.41, 5.74) is 2.95. The number of methoxy groups -OCH3 is 1. The van der Waals surface area contributed by atoms with Crippen LogP contribution >= 0.6 is 11.6 Å². The van der Waals surface area contributed by atoms with Crippen molar-refractivity contribution in [2.45, 2.75) is 12.8 Å². The Morgan fingerprint density at radius 2 is 2.08 bits per heavy atom. The minimum atomic E-state index is 0.225. The zero-order valence-electron chi connectivity index (χ0n) is 13.5. The molecular weight excluding hydrogens is 324 g/mol. The van der Waals surface area contributed by atoms with Crippen molar-refractivity contribution in [3.63, 3.8) is 0 Å². The Labute approximate surface area is 145 Å². The van der Waals surface area contributed by atoms with Gasteiger partial charge in [-0.15, -0.1) is 10.2 Å². The van der Waals surface area contributed by atoms with E-state index in [1.54, 1.807) is 7.11 Å². The van der Waals surface area contributed by atoms with E-state index in [9.17, 15) is 0 Å². The van der Waals surface area contributed by atoms with Crippen LogP contribution in [0.4, 0.5) is 5.69 Å². The van der Waals surface area contributed by atoms with Crippen molar-refractivity contribution in [3.8, 4) is 22.8 Å². The molecule has 24 heavy (non-hydrogen) atoms. The molecule has 122 valence electrons. The second kappa shape index (κ2) is 5.83. The van der Waals surface area contributed by atoms with Crippen molar-refractivity contribution in [2.75, 3.05) is 19.0 Å². The highest BCUT2D eigenvalue weighted by atomic mass is 35.5. The van der Waals surface area contributed by atoms with Crippen molar-refractivity contribution < 1.29 is 4.74 Å². The fraction of sp³-hybridized carbons (Fsp3) is 0.222. The van der Waals surface area contributed by atoms with E-state index in [1.165, 1.54) is 0 Å². The van der Waals surface area contributed by atoms with Crippen molar-refractivity contribution in [1.29, 1.82) is 0 Å². The molecule has 0 saturated carbocycles. The van der Waals surface area contributed by atoms with Crippen molar-refractivity contribution in [3.05, 3.63) is 53.3 Å². The standard InChI is InChI=1S/C18H17ClN4O/c1-11-10-20-15-9-13(19)6-7-16(15)23-17(11)21-22-18(23)12-4-3-5-14(8-12)24-2/h3-9,11,20H,10H2,1-2H3/t11-/m0/s1. The maximum absolute atomic E-state index is 6.17. The number of fused-ring (bicyclic) bond motifs is 3. The smallest absolute Gasteiger partial charge is 0.168 e. The quantitative estimate of drug-likeness (QED) is 0.762. The minimum Gasteiger partial charge on any atom is -0.497 e. The lowest BCUT2D eigenvalue weighted by Crippen LogP contribution is -2.09. The van der Waals surface area contributed by atoms with Crippen LogP contribution in [0.1, 0.15) is 18.7 Å². The first kappa shape index (κ1) is 15.0. The van der Waals surface area contributed by atoms with E-state index >= 15 is 0 Å². The third-order valence-corrected chi connectivity index (χ3v) is 4.49. The Morgan fingerprint density at radius 1 is 1.21 bits per heavy atom. The molecule has 0 aliphatic carbocycles. The van der Waals surface area contributed by atoms with Crippen LogP contribution in [-0.2, 0) is 0 Å². The second-order valence-electron chi connectivity index (χ2n) is 5.89. The molecule has 0 spiro atoms. The molecule has 3 aromatic rings. The third-order valence-electron chi connectivity index (χ3n) is 4.25. The summed E-state index contributed by atoms with van der Waals surface area (Å²) >= 11 is 6.17.